The van der Waals surface area contributed by atoms with Gasteiger partial charge in [-0.05, 0) is 18.2 Å². The highest BCUT2D eigenvalue weighted by molar-refractivity contribution is 5.90. The maximum Gasteiger partial charge on any atom is 0.337 e. The molecule has 0 spiro atoms. The Balaban J connectivity index is 2.80. The molecule has 1 aromatic rings. The molecule has 94 valence electrons. The molecule has 0 aromatic heterocycles. The zero-order valence-electron chi connectivity index (χ0n) is 10.1. The third-order valence-electron chi connectivity index (χ3n) is 2.46. The average molecular weight is 238 g/mol. The lowest BCUT2D eigenvalue weighted by atomic mass is 10.2. The van der Waals surface area contributed by atoms with E-state index in [1.165, 1.54) is 7.11 Å². The second-order valence-corrected chi connectivity index (χ2v) is 3.81. The Morgan fingerprint density at radius 1 is 1.59 bits per heavy atom. The predicted molar refractivity (Wildman–Crippen MR) is 66.1 cm³/mol. The van der Waals surface area contributed by atoms with Gasteiger partial charge in [0.2, 0.25) is 0 Å². The monoisotopic (exact) mass is 238 g/mol. The third-order valence-corrected chi connectivity index (χ3v) is 2.46. The number of nitrogens with two attached hydrogens (primary N) is 1. The number of hydrogen-bond acceptors (Lipinski definition) is 5. The molecule has 1 atom stereocenters. The standard InChI is InChI=1S/C12H18N2O3/c1-14(8-11(15)7-13)10-5-3-4-9(6-10)12(16)17-2/h3-6,11,15H,7-8,13H2,1-2H3. The Bertz CT molecular complexity index is 382. The van der Waals surface area contributed by atoms with Gasteiger partial charge in [0.25, 0.3) is 0 Å². The number of carbonyl (C=O) groups is 1. The number of rotatable bonds is 5. The Hall–Kier alpha value is -1.59. The van der Waals surface area contributed by atoms with Gasteiger partial charge >= 0.3 is 5.97 Å². The fourth-order valence-electron chi connectivity index (χ4n) is 1.48. The molecule has 0 fully saturated rings. The van der Waals surface area contributed by atoms with E-state index >= 15 is 0 Å². The van der Waals surface area contributed by atoms with Crippen molar-refractivity contribution in [1.29, 1.82) is 0 Å². The Morgan fingerprint density at radius 3 is 2.88 bits per heavy atom. The molecule has 3 N–H and O–H groups in total. The van der Waals surface area contributed by atoms with Crippen molar-refractivity contribution in [2.75, 3.05) is 32.1 Å². The zero-order valence-corrected chi connectivity index (χ0v) is 10.1. The largest absolute Gasteiger partial charge is 0.465 e. The maximum absolute atomic E-state index is 11.4. The van der Waals surface area contributed by atoms with Gasteiger partial charge in [0.1, 0.15) is 0 Å². The number of ether oxygens (including phenoxy) is 1. The van der Waals surface area contributed by atoms with Crippen LogP contribution in [0.25, 0.3) is 0 Å². The van der Waals surface area contributed by atoms with E-state index in [0.717, 1.165) is 5.69 Å². The van der Waals surface area contributed by atoms with Gasteiger partial charge < -0.3 is 20.5 Å². The molecular formula is C12H18N2O3. The van der Waals surface area contributed by atoms with Crippen LogP contribution in [0.4, 0.5) is 5.69 Å². The van der Waals surface area contributed by atoms with Crippen LogP contribution in [0.3, 0.4) is 0 Å². The van der Waals surface area contributed by atoms with E-state index in [4.69, 9.17) is 5.73 Å². The van der Waals surface area contributed by atoms with Crippen molar-refractivity contribution in [1.82, 2.24) is 0 Å². The molecule has 0 heterocycles. The molecule has 0 aliphatic heterocycles. The van der Waals surface area contributed by atoms with Gasteiger partial charge in [0.05, 0.1) is 18.8 Å². The lowest BCUT2D eigenvalue weighted by molar-refractivity contribution is 0.0601. The summed E-state index contributed by atoms with van der Waals surface area (Å²) in [5, 5.41) is 9.46. The van der Waals surface area contributed by atoms with Gasteiger partial charge in [0, 0.05) is 25.8 Å². The summed E-state index contributed by atoms with van der Waals surface area (Å²) in [6.07, 6.45) is -0.582. The van der Waals surface area contributed by atoms with Crippen LogP contribution in [0.15, 0.2) is 24.3 Å². The van der Waals surface area contributed by atoms with Crippen molar-refractivity contribution in [2.45, 2.75) is 6.10 Å². The SMILES string of the molecule is COC(=O)c1cccc(N(C)CC(O)CN)c1. The molecule has 17 heavy (non-hydrogen) atoms. The van der Waals surface area contributed by atoms with E-state index < -0.39 is 6.10 Å². The lowest BCUT2D eigenvalue weighted by Gasteiger charge is -2.22. The van der Waals surface area contributed by atoms with E-state index in [-0.39, 0.29) is 12.5 Å². The summed E-state index contributed by atoms with van der Waals surface area (Å²) >= 11 is 0. The molecule has 0 amide bonds. The Labute approximate surface area is 101 Å². The predicted octanol–water partition coefficient (Wildman–Crippen LogP) is 0.229. The number of methoxy groups -OCH3 is 1. The highest BCUT2D eigenvalue weighted by Gasteiger charge is 2.10. The summed E-state index contributed by atoms with van der Waals surface area (Å²) < 4.78 is 4.65. The first-order chi connectivity index (χ1) is 8.08. The van der Waals surface area contributed by atoms with Gasteiger partial charge in [-0.1, -0.05) is 6.07 Å². The van der Waals surface area contributed by atoms with Crippen molar-refractivity contribution < 1.29 is 14.6 Å². The molecule has 0 radical (unpaired) electrons. The second kappa shape index (κ2) is 6.22. The first-order valence-electron chi connectivity index (χ1n) is 5.36. The molecular weight excluding hydrogens is 220 g/mol. The minimum atomic E-state index is -0.582. The van der Waals surface area contributed by atoms with E-state index in [9.17, 15) is 9.90 Å². The third kappa shape index (κ3) is 3.72. The van der Waals surface area contributed by atoms with E-state index in [0.29, 0.717) is 12.1 Å². The normalized spacial score (nSPS) is 12.0. The first-order valence-corrected chi connectivity index (χ1v) is 5.36. The highest BCUT2D eigenvalue weighted by Crippen LogP contribution is 2.15. The van der Waals surface area contributed by atoms with Crippen LogP contribution in [-0.2, 0) is 4.74 Å². The average Bonchev–Trinajstić information content (AvgIpc) is 2.37. The minimum absolute atomic E-state index is 0.209. The second-order valence-electron chi connectivity index (χ2n) is 3.81. The van der Waals surface area contributed by atoms with Gasteiger partial charge in [-0.25, -0.2) is 4.79 Å². The first kappa shape index (κ1) is 13.5. The molecule has 5 heteroatoms. The van der Waals surface area contributed by atoms with Gasteiger partial charge in [-0.15, -0.1) is 0 Å². The summed E-state index contributed by atoms with van der Waals surface area (Å²) in [6, 6.07) is 7.03. The molecule has 0 saturated carbocycles. The fourth-order valence-corrected chi connectivity index (χ4v) is 1.48. The number of benzene rings is 1. The number of nitrogens with zero attached hydrogens (tertiary/aromatic N) is 1. The fraction of sp³-hybridized carbons (Fsp3) is 0.417. The molecule has 0 aliphatic rings. The number of aliphatic hydroxyl groups is 1. The molecule has 0 aliphatic carbocycles. The molecule has 0 bridgehead atoms. The summed E-state index contributed by atoms with van der Waals surface area (Å²) in [5.74, 6) is -0.375. The number of likely N-dealkylation sites (N-methyl/N-ethyl adjacent to an activating group) is 1. The summed E-state index contributed by atoms with van der Waals surface area (Å²) in [7, 11) is 3.17. The topological polar surface area (TPSA) is 75.8 Å². The molecule has 5 nitrogen and oxygen atoms in total. The summed E-state index contributed by atoms with van der Waals surface area (Å²) in [6.45, 7) is 0.627. The summed E-state index contributed by atoms with van der Waals surface area (Å²) in [4.78, 5) is 13.2. The van der Waals surface area contributed by atoms with Crippen molar-refractivity contribution in [3.63, 3.8) is 0 Å². The molecule has 1 rings (SSSR count). The number of esters is 1. The number of hydrogen-bond donors (Lipinski definition) is 2. The van der Waals surface area contributed by atoms with E-state index in [1.807, 2.05) is 18.0 Å². The van der Waals surface area contributed by atoms with E-state index in [1.54, 1.807) is 18.2 Å². The van der Waals surface area contributed by atoms with Crippen LogP contribution >= 0.6 is 0 Å². The Kier molecular flexibility index (Phi) is 4.93. The lowest BCUT2D eigenvalue weighted by Crippen LogP contribution is -2.34. The number of aliphatic hydroxyl groups excluding tert-OH is 1. The maximum atomic E-state index is 11.4. The van der Waals surface area contributed by atoms with Crippen molar-refractivity contribution >= 4 is 11.7 Å². The zero-order chi connectivity index (χ0) is 12.8. The number of anilines is 1. The molecule has 1 aromatic carbocycles. The quantitative estimate of drug-likeness (QED) is 0.718. The smallest absolute Gasteiger partial charge is 0.337 e. The van der Waals surface area contributed by atoms with Crippen molar-refractivity contribution in [3.8, 4) is 0 Å². The van der Waals surface area contributed by atoms with Gasteiger partial charge in [-0.2, -0.15) is 0 Å². The minimum Gasteiger partial charge on any atom is -0.465 e. The summed E-state index contributed by atoms with van der Waals surface area (Å²) in [5.41, 5.74) is 6.67. The van der Waals surface area contributed by atoms with Crippen molar-refractivity contribution in [3.05, 3.63) is 29.8 Å². The van der Waals surface area contributed by atoms with Crippen molar-refractivity contribution in [2.24, 2.45) is 5.73 Å². The number of carbonyl (C=O) groups excluding carboxylic acids is 1. The molecule has 0 saturated heterocycles. The van der Waals surface area contributed by atoms with Crippen LogP contribution in [-0.4, -0.2) is 44.4 Å². The van der Waals surface area contributed by atoms with E-state index in [2.05, 4.69) is 4.74 Å². The van der Waals surface area contributed by atoms with Crippen LogP contribution in [0, 0.1) is 0 Å². The van der Waals surface area contributed by atoms with Crippen LogP contribution in [0.1, 0.15) is 10.4 Å². The van der Waals surface area contributed by atoms with Crippen LogP contribution in [0.5, 0.6) is 0 Å². The van der Waals surface area contributed by atoms with Gasteiger partial charge in [-0.3, -0.25) is 0 Å². The Morgan fingerprint density at radius 2 is 2.29 bits per heavy atom. The van der Waals surface area contributed by atoms with Crippen LogP contribution in [0.2, 0.25) is 0 Å². The van der Waals surface area contributed by atoms with Gasteiger partial charge in [0.15, 0.2) is 0 Å². The molecule has 1 unspecified atom stereocenters. The van der Waals surface area contributed by atoms with Crippen LogP contribution < -0.4 is 10.6 Å². The highest BCUT2D eigenvalue weighted by atomic mass is 16.5.